The second-order valence-electron chi connectivity index (χ2n) is 6.58. The molecule has 2 aliphatic rings. The molecule has 0 saturated carbocycles. The maximum absolute atomic E-state index is 13.2. The largest absolute Gasteiger partial charge is 0.487 e. The third-order valence-electron chi connectivity index (χ3n) is 4.72. The van der Waals surface area contributed by atoms with E-state index < -0.39 is 10.0 Å². The van der Waals surface area contributed by atoms with Crippen molar-refractivity contribution < 1.29 is 13.2 Å². The maximum Gasteiger partial charge on any atom is 0.283 e. The Balaban J connectivity index is 1.79. The third kappa shape index (κ3) is 2.38. The molecule has 0 spiro atoms. The molecule has 0 saturated heterocycles. The normalized spacial score (nSPS) is 23.3. The highest BCUT2D eigenvalue weighted by molar-refractivity contribution is 7.92. The highest BCUT2D eigenvalue weighted by Gasteiger charge is 2.35. The van der Waals surface area contributed by atoms with Crippen molar-refractivity contribution in [3.63, 3.8) is 0 Å². The molecule has 2 unspecified atom stereocenters. The summed E-state index contributed by atoms with van der Waals surface area (Å²) in [6, 6.07) is 7.53. The van der Waals surface area contributed by atoms with E-state index in [1.165, 1.54) is 4.31 Å². The average molecular weight is 347 g/mol. The zero-order valence-corrected chi connectivity index (χ0v) is 14.7. The van der Waals surface area contributed by atoms with Gasteiger partial charge in [-0.25, -0.2) is 4.98 Å². The molecule has 0 fully saturated rings. The number of anilines is 1. The number of ether oxygens (including phenoxy) is 1. The minimum atomic E-state index is -3.70. The molecule has 0 aliphatic carbocycles. The summed E-state index contributed by atoms with van der Waals surface area (Å²) in [5, 5.41) is 0.134. The topological polar surface area (TPSA) is 64.4 Å². The summed E-state index contributed by atoms with van der Waals surface area (Å²) in [4.78, 5) is 4.44. The van der Waals surface area contributed by atoms with Gasteiger partial charge in [0.1, 0.15) is 17.7 Å². The molecular formula is C17H21N3O3S. The Morgan fingerprint density at radius 2 is 2.04 bits per heavy atom. The predicted octanol–water partition coefficient (Wildman–Crippen LogP) is 2.76. The minimum Gasteiger partial charge on any atom is -0.487 e. The Hall–Kier alpha value is -2.02. The van der Waals surface area contributed by atoms with Gasteiger partial charge in [-0.05, 0) is 38.8 Å². The van der Waals surface area contributed by atoms with Crippen LogP contribution in [0, 0.1) is 0 Å². The molecule has 24 heavy (non-hydrogen) atoms. The lowest BCUT2D eigenvalue weighted by atomic mass is 10.1. The average Bonchev–Trinajstić information content (AvgIpc) is 3.00. The summed E-state index contributed by atoms with van der Waals surface area (Å²) in [5.41, 5.74) is 0.578. The van der Waals surface area contributed by atoms with Crippen molar-refractivity contribution in [3.05, 3.63) is 36.3 Å². The van der Waals surface area contributed by atoms with Crippen molar-refractivity contribution in [2.75, 3.05) is 10.8 Å². The molecule has 0 radical (unpaired) electrons. The van der Waals surface area contributed by atoms with E-state index in [9.17, 15) is 8.42 Å². The number of imidazole rings is 1. The van der Waals surface area contributed by atoms with E-state index in [4.69, 9.17) is 4.74 Å². The van der Waals surface area contributed by atoms with E-state index >= 15 is 0 Å². The van der Waals surface area contributed by atoms with E-state index in [2.05, 4.69) is 11.9 Å². The van der Waals surface area contributed by atoms with Crippen molar-refractivity contribution in [2.24, 2.45) is 0 Å². The first-order valence-corrected chi connectivity index (χ1v) is 9.77. The van der Waals surface area contributed by atoms with Gasteiger partial charge in [0.05, 0.1) is 12.2 Å². The van der Waals surface area contributed by atoms with Crippen LogP contribution in [0.4, 0.5) is 5.69 Å². The van der Waals surface area contributed by atoms with Crippen molar-refractivity contribution in [3.8, 4) is 5.75 Å². The Kier molecular flexibility index (Phi) is 3.56. The minimum absolute atomic E-state index is 0.134. The SMILES string of the molecule is CC1CN(S(=O)(=O)c2cn3c(n2)CCCC3C)c2ccccc2O1. The predicted molar refractivity (Wildman–Crippen MR) is 90.9 cm³/mol. The molecule has 3 heterocycles. The lowest BCUT2D eigenvalue weighted by Gasteiger charge is -2.33. The number of aromatic nitrogens is 2. The van der Waals surface area contributed by atoms with Gasteiger partial charge < -0.3 is 9.30 Å². The summed E-state index contributed by atoms with van der Waals surface area (Å²) in [5.74, 6) is 1.46. The van der Waals surface area contributed by atoms with Crippen LogP contribution in [0.3, 0.4) is 0 Å². The number of rotatable bonds is 2. The number of hydrogen-bond donors (Lipinski definition) is 0. The van der Waals surface area contributed by atoms with Crippen molar-refractivity contribution in [1.29, 1.82) is 0 Å². The standard InChI is InChI=1S/C17H21N3O3S/c1-12-6-5-9-16-18-17(11-19(12)16)24(21,22)20-10-13(2)23-15-8-4-3-7-14(15)20/h3-4,7-8,11-13H,5-6,9-10H2,1-2H3. The highest BCUT2D eigenvalue weighted by atomic mass is 32.2. The van der Waals surface area contributed by atoms with E-state index in [-0.39, 0.29) is 17.7 Å². The Bertz CT molecular complexity index is 875. The van der Waals surface area contributed by atoms with E-state index in [0.29, 0.717) is 17.5 Å². The summed E-state index contributed by atoms with van der Waals surface area (Å²) in [7, 11) is -3.70. The molecule has 1 aromatic carbocycles. The van der Waals surface area contributed by atoms with Crippen LogP contribution in [0.2, 0.25) is 0 Å². The molecule has 0 bridgehead atoms. The van der Waals surface area contributed by atoms with Crippen molar-refractivity contribution in [1.82, 2.24) is 9.55 Å². The smallest absolute Gasteiger partial charge is 0.283 e. The molecule has 2 aliphatic heterocycles. The molecule has 0 amide bonds. The number of hydrogen-bond acceptors (Lipinski definition) is 4. The first kappa shape index (κ1) is 15.5. The first-order chi connectivity index (χ1) is 11.5. The van der Waals surface area contributed by atoms with Crippen LogP contribution in [0.5, 0.6) is 5.75 Å². The quantitative estimate of drug-likeness (QED) is 0.838. The number of nitrogens with zero attached hydrogens (tertiary/aromatic N) is 3. The number of benzene rings is 1. The fourth-order valence-electron chi connectivity index (χ4n) is 3.48. The van der Waals surface area contributed by atoms with Gasteiger partial charge in [-0.15, -0.1) is 0 Å². The Labute approximate surface area is 142 Å². The fraction of sp³-hybridized carbons (Fsp3) is 0.471. The zero-order chi connectivity index (χ0) is 16.9. The fourth-order valence-corrected chi connectivity index (χ4v) is 4.99. The molecular weight excluding hydrogens is 326 g/mol. The molecule has 0 N–H and O–H groups in total. The Morgan fingerprint density at radius 3 is 2.83 bits per heavy atom. The second-order valence-corrected chi connectivity index (χ2v) is 8.39. The monoisotopic (exact) mass is 347 g/mol. The van der Waals surface area contributed by atoms with Gasteiger partial charge in [-0.2, -0.15) is 8.42 Å². The van der Waals surface area contributed by atoms with Gasteiger partial charge in [0.25, 0.3) is 10.0 Å². The highest BCUT2D eigenvalue weighted by Crippen LogP contribution is 2.37. The van der Waals surface area contributed by atoms with Crippen LogP contribution in [0.1, 0.15) is 38.6 Å². The molecule has 6 nitrogen and oxygen atoms in total. The first-order valence-electron chi connectivity index (χ1n) is 8.33. The lowest BCUT2D eigenvalue weighted by Crippen LogP contribution is -2.42. The van der Waals surface area contributed by atoms with Gasteiger partial charge in [0.2, 0.25) is 0 Å². The van der Waals surface area contributed by atoms with Gasteiger partial charge in [-0.1, -0.05) is 12.1 Å². The van der Waals surface area contributed by atoms with Crippen LogP contribution in [-0.2, 0) is 16.4 Å². The summed E-state index contributed by atoms with van der Waals surface area (Å²) in [6.45, 7) is 4.27. The summed E-state index contributed by atoms with van der Waals surface area (Å²) < 4.78 is 35.6. The van der Waals surface area contributed by atoms with Crippen LogP contribution >= 0.6 is 0 Å². The third-order valence-corrected chi connectivity index (χ3v) is 6.37. The summed E-state index contributed by atoms with van der Waals surface area (Å²) in [6.07, 6.45) is 4.42. The van der Waals surface area contributed by atoms with Crippen LogP contribution < -0.4 is 9.04 Å². The van der Waals surface area contributed by atoms with Gasteiger partial charge in [-0.3, -0.25) is 4.31 Å². The van der Waals surface area contributed by atoms with Gasteiger partial charge in [0.15, 0.2) is 5.03 Å². The number of fused-ring (bicyclic) bond motifs is 2. The number of sulfonamides is 1. The van der Waals surface area contributed by atoms with Crippen molar-refractivity contribution >= 4 is 15.7 Å². The van der Waals surface area contributed by atoms with Crippen LogP contribution in [0.15, 0.2) is 35.5 Å². The second kappa shape index (κ2) is 5.51. The van der Waals surface area contributed by atoms with Crippen molar-refractivity contribution in [2.45, 2.75) is 50.3 Å². The molecule has 7 heteroatoms. The maximum atomic E-state index is 13.2. The zero-order valence-electron chi connectivity index (χ0n) is 13.8. The molecule has 2 aromatic rings. The molecule has 4 rings (SSSR count). The van der Waals surface area contributed by atoms with E-state index in [1.807, 2.05) is 23.6 Å². The number of aryl methyl sites for hydroxylation is 1. The molecule has 2 atom stereocenters. The molecule has 128 valence electrons. The van der Waals surface area contributed by atoms with Crippen LogP contribution in [-0.4, -0.2) is 30.6 Å². The number of para-hydroxylation sites is 2. The van der Waals surface area contributed by atoms with Gasteiger partial charge >= 0.3 is 0 Å². The van der Waals surface area contributed by atoms with Crippen LogP contribution in [0.25, 0.3) is 0 Å². The molecule has 1 aromatic heterocycles. The lowest BCUT2D eigenvalue weighted by molar-refractivity contribution is 0.219. The van der Waals surface area contributed by atoms with E-state index in [0.717, 1.165) is 25.1 Å². The van der Waals surface area contributed by atoms with E-state index in [1.54, 1.807) is 18.3 Å². The Morgan fingerprint density at radius 1 is 1.25 bits per heavy atom. The van der Waals surface area contributed by atoms with Gasteiger partial charge in [0, 0.05) is 18.7 Å². The summed E-state index contributed by atoms with van der Waals surface area (Å²) >= 11 is 0.